The normalized spacial score (nSPS) is 19.5. The predicted molar refractivity (Wildman–Crippen MR) is 54.3 cm³/mol. The number of aromatic amines is 1. The number of H-pyrrole nitrogens is 1. The van der Waals surface area contributed by atoms with E-state index in [9.17, 15) is 0 Å². The van der Waals surface area contributed by atoms with Gasteiger partial charge in [0.05, 0.1) is 30.6 Å². The Hall–Kier alpha value is -1.35. The lowest BCUT2D eigenvalue weighted by molar-refractivity contribution is -0.0499. The molecule has 1 saturated heterocycles. The number of benzene rings is 1. The van der Waals surface area contributed by atoms with Crippen LogP contribution >= 0.6 is 0 Å². The monoisotopic (exact) mass is 188 g/mol. The molecule has 0 aliphatic carbocycles. The SMILES string of the molecule is CC1(c2ccc3nc[nH]c3c2)COC1. The maximum atomic E-state index is 5.26. The molecule has 2 heterocycles. The summed E-state index contributed by atoms with van der Waals surface area (Å²) in [6, 6.07) is 6.38. The molecule has 1 fully saturated rings. The van der Waals surface area contributed by atoms with Gasteiger partial charge in [-0.3, -0.25) is 0 Å². The predicted octanol–water partition coefficient (Wildman–Crippen LogP) is 1.85. The van der Waals surface area contributed by atoms with Gasteiger partial charge >= 0.3 is 0 Å². The Bertz CT molecular complexity index is 471. The summed E-state index contributed by atoms with van der Waals surface area (Å²) in [5.74, 6) is 0. The van der Waals surface area contributed by atoms with Gasteiger partial charge in [0, 0.05) is 5.41 Å². The molecule has 72 valence electrons. The highest BCUT2D eigenvalue weighted by atomic mass is 16.5. The van der Waals surface area contributed by atoms with E-state index in [4.69, 9.17) is 4.74 Å². The number of hydrogen-bond acceptors (Lipinski definition) is 2. The maximum Gasteiger partial charge on any atom is 0.0931 e. The second-order valence-corrected chi connectivity index (χ2v) is 4.19. The van der Waals surface area contributed by atoms with E-state index in [-0.39, 0.29) is 5.41 Å². The van der Waals surface area contributed by atoms with Crippen LogP contribution in [0.4, 0.5) is 0 Å². The Morgan fingerprint density at radius 3 is 3.00 bits per heavy atom. The number of imidazole rings is 1. The number of aromatic nitrogens is 2. The lowest BCUT2D eigenvalue weighted by Gasteiger charge is -2.38. The van der Waals surface area contributed by atoms with Gasteiger partial charge in [0.2, 0.25) is 0 Å². The molecule has 2 aromatic rings. The number of nitrogens with one attached hydrogen (secondary N) is 1. The molecule has 0 amide bonds. The number of hydrogen-bond donors (Lipinski definition) is 1. The number of rotatable bonds is 1. The Morgan fingerprint density at radius 1 is 1.43 bits per heavy atom. The zero-order chi connectivity index (χ0) is 9.60. The molecule has 1 aromatic heterocycles. The summed E-state index contributed by atoms with van der Waals surface area (Å²) in [5.41, 5.74) is 3.67. The molecule has 1 N–H and O–H groups in total. The van der Waals surface area contributed by atoms with Gasteiger partial charge in [-0.1, -0.05) is 13.0 Å². The molecular weight excluding hydrogens is 176 g/mol. The topological polar surface area (TPSA) is 37.9 Å². The third-order valence-corrected chi connectivity index (χ3v) is 2.96. The average molecular weight is 188 g/mol. The van der Waals surface area contributed by atoms with Crippen molar-refractivity contribution < 1.29 is 4.74 Å². The fourth-order valence-corrected chi connectivity index (χ4v) is 1.89. The summed E-state index contributed by atoms with van der Waals surface area (Å²) >= 11 is 0. The van der Waals surface area contributed by atoms with E-state index in [1.165, 1.54) is 5.56 Å². The van der Waals surface area contributed by atoms with Crippen LogP contribution in [0, 0.1) is 0 Å². The highest BCUT2D eigenvalue weighted by Crippen LogP contribution is 2.32. The summed E-state index contributed by atoms with van der Waals surface area (Å²) in [5, 5.41) is 0. The van der Waals surface area contributed by atoms with Gasteiger partial charge in [0.15, 0.2) is 0 Å². The minimum Gasteiger partial charge on any atom is -0.379 e. The van der Waals surface area contributed by atoms with E-state index >= 15 is 0 Å². The Balaban J connectivity index is 2.13. The molecule has 3 nitrogen and oxygen atoms in total. The molecular formula is C11H12N2O. The highest BCUT2D eigenvalue weighted by Gasteiger charge is 2.35. The minimum absolute atomic E-state index is 0.208. The van der Waals surface area contributed by atoms with Crippen LogP contribution < -0.4 is 0 Å². The first-order valence-corrected chi connectivity index (χ1v) is 4.79. The van der Waals surface area contributed by atoms with Crippen LogP contribution in [0.1, 0.15) is 12.5 Å². The number of nitrogens with zero attached hydrogens (tertiary/aromatic N) is 1. The summed E-state index contributed by atoms with van der Waals surface area (Å²) in [4.78, 5) is 7.33. The van der Waals surface area contributed by atoms with E-state index < -0.39 is 0 Å². The van der Waals surface area contributed by atoms with Gasteiger partial charge in [0.1, 0.15) is 0 Å². The largest absolute Gasteiger partial charge is 0.379 e. The van der Waals surface area contributed by atoms with E-state index in [1.54, 1.807) is 6.33 Å². The molecule has 0 bridgehead atoms. The number of ether oxygens (including phenoxy) is 1. The van der Waals surface area contributed by atoms with Gasteiger partial charge in [0.25, 0.3) is 0 Å². The molecule has 3 heteroatoms. The second-order valence-electron chi connectivity index (χ2n) is 4.19. The van der Waals surface area contributed by atoms with Gasteiger partial charge in [-0.2, -0.15) is 0 Å². The second kappa shape index (κ2) is 2.58. The van der Waals surface area contributed by atoms with E-state index in [0.717, 1.165) is 24.2 Å². The van der Waals surface area contributed by atoms with Crippen molar-refractivity contribution in [2.24, 2.45) is 0 Å². The van der Waals surface area contributed by atoms with Crippen LogP contribution in [0.3, 0.4) is 0 Å². The fraction of sp³-hybridized carbons (Fsp3) is 0.364. The first-order valence-electron chi connectivity index (χ1n) is 4.79. The summed E-state index contributed by atoms with van der Waals surface area (Å²) in [6.07, 6.45) is 1.73. The third kappa shape index (κ3) is 0.990. The van der Waals surface area contributed by atoms with Crippen molar-refractivity contribution in [2.75, 3.05) is 13.2 Å². The summed E-state index contributed by atoms with van der Waals surface area (Å²) < 4.78 is 5.26. The molecule has 0 saturated carbocycles. The lowest BCUT2D eigenvalue weighted by Crippen LogP contribution is -2.43. The van der Waals surface area contributed by atoms with E-state index in [1.807, 2.05) is 0 Å². The number of fused-ring (bicyclic) bond motifs is 1. The van der Waals surface area contributed by atoms with E-state index in [2.05, 4.69) is 35.1 Å². The average Bonchev–Trinajstić information content (AvgIpc) is 2.60. The summed E-state index contributed by atoms with van der Waals surface area (Å²) in [7, 11) is 0. The molecule has 0 radical (unpaired) electrons. The minimum atomic E-state index is 0.208. The zero-order valence-electron chi connectivity index (χ0n) is 8.08. The molecule has 0 unspecified atom stereocenters. The van der Waals surface area contributed by atoms with Crippen LogP contribution in [0.25, 0.3) is 11.0 Å². The molecule has 0 spiro atoms. The van der Waals surface area contributed by atoms with Crippen LogP contribution in [0.5, 0.6) is 0 Å². The van der Waals surface area contributed by atoms with Gasteiger partial charge in [-0.25, -0.2) is 4.98 Å². The van der Waals surface area contributed by atoms with Crippen LogP contribution in [-0.2, 0) is 10.2 Å². The molecule has 1 aliphatic rings. The maximum absolute atomic E-state index is 5.26. The molecule has 0 atom stereocenters. The third-order valence-electron chi connectivity index (χ3n) is 2.96. The Kier molecular flexibility index (Phi) is 1.47. The first kappa shape index (κ1) is 8.00. The molecule has 3 rings (SSSR count). The quantitative estimate of drug-likeness (QED) is 0.741. The summed E-state index contributed by atoms with van der Waals surface area (Å²) in [6.45, 7) is 3.88. The van der Waals surface area contributed by atoms with Crippen molar-refractivity contribution in [1.29, 1.82) is 0 Å². The van der Waals surface area contributed by atoms with Crippen LogP contribution in [0.15, 0.2) is 24.5 Å². The van der Waals surface area contributed by atoms with Gasteiger partial charge < -0.3 is 9.72 Å². The Morgan fingerprint density at radius 2 is 2.29 bits per heavy atom. The molecule has 1 aromatic carbocycles. The van der Waals surface area contributed by atoms with Crippen molar-refractivity contribution in [1.82, 2.24) is 9.97 Å². The smallest absolute Gasteiger partial charge is 0.0931 e. The molecule has 14 heavy (non-hydrogen) atoms. The van der Waals surface area contributed by atoms with Gasteiger partial charge in [-0.15, -0.1) is 0 Å². The first-order chi connectivity index (χ1) is 6.78. The van der Waals surface area contributed by atoms with Crippen molar-refractivity contribution in [2.45, 2.75) is 12.3 Å². The lowest BCUT2D eigenvalue weighted by atomic mass is 9.81. The molecule has 1 aliphatic heterocycles. The van der Waals surface area contributed by atoms with Crippen LogP contribution in [0.2, 0.25) is 0 Å². The highest BCUT2D eigenvalue weighted by molar-refractivity contribution is 5.75. The zero-order valence-corrected chi connectivity index (χ0v) is 8.08. The van der Waals surface area contributed by atoms with Gasteiger partial charge in [-0.05, 0) is 17.7 Å². The van der Waals surface area contributed by atoms with Crippen molar-refractivity contribution in [3.8, 4) is 0 Å². The van der Waals surface area contributed by atoms with Crippen LogP contribution in [-0.4, -0.2) is 23.2 Å². The van der Waals surface area contributed by atoms with E-state index in [0.29, 0.717) is 0 Å². The standard InChI is InChI=1S/C11H12N2O/c1-11(5-14-6-11)8-2-3-9-10(4-8)13-7-12-9/h2-4,7H,5-6H2,1H3,(H,12,13). The van der Waals surface area contributed by atoms with Crippen molar-refractivity contribution in [3.63, 3.8) is 0 Å². The van der Waals surface area contributed by atoms with Crippen molar-refractivity contribution >= 4 is 11.0 Å². The van der Waals surface area contributed by atoms with Crippen molar-refractivity contribution in [3.05, 3.63) is 30.1 Å². The fourth-order valence-electron chi connectivity index (χ4n) is 1.89. The Labute approximate surface area is 82.1 Å².